The zero-order valence-electron chi connectivity index (χ0n) is 18.4. The third-order valence-corrected chi connectivity index (χ3v) is 6.12. The number of carbonyl (C=O) groups excluding carboxylic acids is 2. The molecule has 10 heteroatoms. The molecule has 0 aliphatic carbocycles. The van der Waals surface area contributed by atoms with E-state index in [0.717, 1.165) is 18.2 Å². The highest BCUT2D eigenvalue weighted by atomic mass is 32.2. The SMILES string of the molecule is C[C@H](NS(C)(=O)=O)C(=O)OC[C@@H]1CCC[C@]2(CC(=O)C[C@@H](COCc3ccccc3)O2)O1. The van der Waals surface area contributed by atoms with Crippen molar-refractivity contribution in [2.75, 3.05) is 19.5 Å². The highest BCUT2D eigenvalue weighted by Gasteiger charge is 2.46. The van der Waals surface area contributed by atoms with Gasteiger partial charge in [-0.3, -0.25) is 9.59 Å². The Hall–Kier alpha value is -1.85. The quantitative estimate of drug-likeness (QED) is 0.543. The smallest absolute Gasteiger partial charge is 0.323 e. The summed E-state index contributed by atoms with van der Waals surface area (Å²) in [5, 5.41) is 0. The third-order valence-electron chi connectivity index (χ3n) is 5.34. The first-order valence-corrected chi connectivity index (χ1v) is 12.7. The zero-order valence-corrected chi connectivity index (χ0v) is 19.3. The first-order chi connectivity index (χ1) is 15.1. The van der Waals surface area contributed by atoms with Crippen LogP contribution in [0.1, 0.15) is 44.6 Å². The summed E-state index contributed by atoms with van der Waals surface area (Å²) in [7, 11) is -3.52. The maximum atomic E-state index is 12.4. The molecule has 3 rings (SSSR count). The lowest BCUT2D eigenvalue weighted by Gasteiger charge is -2.45. The van der Waals surface area contributed by atoms with Crippen LogP contribution in [0.5, 0.6) is 0 Å². The van der Waals surface area contributed by atoms with Crippen molar-refractivity contribution in [1.82, 2.24) is 4.72 Å². The van der Waals surface area contributed by atoms with E-state index in [2.05, 4.69) is 4.72 Å². The van der Waals surface area contributed by atoms with E-state index >= 15 is 0 Å². The summed E-state index contributed by atoms with van der Waals surface area (Å²) in [5.41, 5.74) is 1.04. The van der Waals surface area contributed by atoms with Crippen molar-refractivity contribution in [3.8, 4) is 0 Å². The van der Waals surface area contributed by atoms with Crippen LogP contribution in [0.15, 0.2) is 30.3 Å². The molecular weight excluding hydrogens is 438 g/mol. The number of ketones is 1. The van der Waals surface area contributed by atoms with Crippen molar-refractivity contribution in [2.45, 2.75) is 69.7 Å². The van der Waals surface area contributed by atoms with Gasteiger partial charge in [-0.1, -0.05) is 30.3 Å². The summed E-state index contributed by atoms with van der Waals surface area (Å²) in [6, 6.07) is 8.76. The number of sulfonamides is 1. The monoisotopic (exact) mass is 469 g/mol. The van der Waals surface area contributed by atoms with Gasteiger partial charge in [-0.25, -0.2) is 13.1 Å². The lowest BCUT2D eigenvalue weighted by molar-refractivity contribution is -0.313. The van der Waals surface area contributed by atoms with Gasteiger partial charge in [0, 0.05) is 12.8 Å². The molecule has 1 spiro atoms. The average molecular weight is 470 g/mol. The van der Waals surface area contributed by atoms with Crippen molar-refractivity contribution in [2.24, 2.45) is 0 Å². The minimum absolute atomic E-state index is 0.0386. The minimum atomic E-state index is -3.52. The molecule has 0 aromatic heterocycles. The molecule has 1 aromatic carbocycles. The molecule has 0 radical (unpaired) electrons. The summed E-state index contributed by atoms with van der Waals surface area (Å²) in [4.78, 5) is 24.5. The minimum Gasteiger partial charge on any atom is -0.462 e. The van der Waals surface area contributed by atoms with Crippen LogP contribution in [0, 0.1) is 0 Å². The van der Waals surface area contributed by atoms with Crippen molar-refractivity contribution >= 4 is 21.8 Å². The Kier molecular flexibility index (Phi) is 8.40. The normalized spacial score (nSPS) is 27.2. The number of hydrogen-bond donors (Lipinski definition) is 1. The second-order valence-electron chi connectivity index (χ2n) is 8.44. The molecule has 9 nitrogen and oxygen atoms in total. The molecular formula is C22H31NO8S. The molecule has 2 heterocycles. The molecule has 4 atom stereocenters. The lowest BCUT2D eigenvalue weighted by atomic mass is 9.92. The summed E-state index contributed by atoms with van der Waals surface area (Å²) < 4.78 is 48.0. The Morgan fingerprint density at radius 1 is 1.22 bits per heavy atom. The van der Waals surface area contributed by atoms with Gasteiger partial charge in [-0.15, -0.1) is 0 Å². The molecule has 0 bridgehead atoms. The summed E-state index contributed by atoms with van der Waals surface area (Å²) >= 11 is 0. The zero-order chi connectivity index (χ0) is 23.2. The Morgan fingerprint density at radius 3 is 2.66 bits per heavy atom. The fourth-order valence-electron chi connectivity index (χ4n) is 4.01. The van der Waals surface area contributed by atoms with Gasteiger partial charge in [0.2, 0.25) is 10.0 Å². The second-order valence-corrected chi connectivity index (χ2v) is 10.2. The van der Waals surface area contributed by atoms with Crippen molar-refractivity contribution < 1.29 is 37.0 Å². The molecule has 2 fully saturated rings. The number of nitrogens with one attached hydrogen (secondary N) is 1. The molecule has 0 unspecified atom stereocenters. The van der Waals surface area contributed by atoms with Crippen LogP contribution in [-0.2, 0) is 45.2 Å². The van der Waals surface area contributed by atoms with Crippen molar-refractivity contribution in [1.29, 1.82) is 0 Å². The van der Waals surface area contributed by atoms with E-state index < -0.39 is 40.0 Å². The molecule has 0 amide bonds. The van der Waals surface area contributed by atoms with E-state index in [9.17, 15) is 18.0 Å². The molecule has 2 saturated heterocycles. The topological polar surface area (TPSA) is 117 Å². The first-order valence-electron chi connectivity index (χ1n) is 10.8. The summed E-state index contributed by atoms with van der Waals surface area (Å²) in [6.45, 7) is 2.08. The van der Waals surface area contributed by atoms with Crippen LogP contribution in [0.3, 0.4) is 0 Å². The summed E-state index contributed by atoms with van der Waals surface area (Å²) in [6.07, 6.45) is 2.54. The van der Waals surface area contributed by atoms with Crippen LogP contribution < -0.4 is 4.72 Å². The van der Waals surface area contributed by atoms with E-state index in [-0.39, 0.29) is 31.8 Å². The van der Waals surface area contributed by atoms with Gasteiger partial charge in [-0.05, 0) is 25.3 Å². The number of benzene rings is 1. The van der Waals surface area contributed by atoms with E-state index in [0.29, 0.717) is 19.4 Å². The average Bonchev–Trinajstić information content (AvgIpc) is 2.71. The van der Waals surface area contributed by atoms with Crippen molar-refractivity contribution in [3.05, 3.63) is 35.9 Å². The fourth-order valence-corrected chi connectivity index (χ4v) is 4.75. The van der Waals surface area contributed by atoms with Gasteiger partial charge in [0.25, 0.3) is 0 Å². The van der Waals surface area contributed by atoms with Gasteiger partial charge in [-0.2, -0.15) is 0 Å². The second kappa shape index (κ2) is 10.8. The molecule has 2 aliphatic rings. The maximum Gasteiger partial charge on any atom is 0.323 e. The number of ether oxygens (including phenoxy) is 4. The van der Waals surface area contributed by atoms with Crippen LogP contribution in [0.2, 0.25) is 0 Å². The molecule has 0 saturated carbocycles. The standard InChI is InChI=1S/C22H31NO8S/c1-16(23-32(2,26)27)21(25)29-15-19-9-6-10-22(30-19)12-18(24)11-20(31-22)14-28-13-17-7-4-3-5-8-17/h3-5,7-8,16,19-20,23H,6,9-15H2,1-2H3/t16-,19-,20-,22-/m0/s1. The highest BCUT2D eigenvalue weighted by Crippen LogP contribution is 2.38. The fraction of sp³-hybridized carbons (Fsp3) is 0.636. The molecule has 2 aliphatic heterocycles. The Bertz CT molecular complexity index is 890. The predicted octanol–water partition coefficient (Wildman–Crippen LogP) is 1.70. The Balaban J connectivity index is 1.50. The van der Waals surface area contributed by atoms with Crippen LogP contribution in [0.25, 0.3) is 0 Å². The van der Waals surface area contributed by atoms with E-state index in [1.807, 2.05) is 30.3 Å². The Morgan fingerprint density at radius 2 is 1.94 bits per heavy atom. The van der Waals surface area contributed by atoms with Crippen LogP contribution in [-0.4, -0.2) is 63.7 Å². The highest BCUT2D eigenvalue weighted by molar-refractivity contribution is 7.88. The van der Waals surface area contributed by atoms with Crippen LogP contribution >= 0.6 is 0 Å². The third kappa shape index (κ3) is 7.63. The van der Waals surface area contributed by atoms with Gasteiger partial charge >= 0.3 is 5.97 Å². The number of carbonyl (C=O) groups is 2. The van der Waals surface area contributed by atoms with Gasteiger partial charge in [0.1, 0.15) is 18.4 Å². The molecule has 1 aromatic rings. The molecule has 178 valence electrons. The summed E-state index contributed by atoms with van der Waals surface area (Å²) in [5.74, 6) is -1.68. The molecule has 32 heavy (non-hydrogen) atoms. The van der Waals surface area contributed by atoms with E-state index in [4.69, 9.17) is 18.9 Å². The van der Waals surface area contributed by atoms with E-state index in [1.165, 1.54) is 6.92 Å². The number of hydrogen-bond acceptors (Lipinski definition) is 8. The van der Waals surface area contributed by atoms with Gasteiger partial charge < -0.3 is 18.9 Å². The van der Waals surface area contributed by atoms with Crippen molar-refractivity contribution in [3.63, 3.8) is 0 Å². The Labute approximate surface area is 188 Å². The van der Waals surface area contributed by atoms with Gasteiger partial charge in [0.15, 0.2) is 5.79 Å². The first kappa shape index (κ1) is 24.8. The van der Waals surface area contributed by atoms with Gasteiger partial charge in [0.05, 0.1) is 38.1 Å². The number of esters is 1. The maximum absolute atomic E-state index is 12.4. The lowest BCUT2D eigenvalue weighted by Crippen LogP contribution is -2.52. The largest absolute Gasteiger partial charge is 0.462 e. The predicted molar refractivity (Wildman–Crippen MR) is 115 cm³/mol. The number of rotatable bonds is 9. The van der Waals surface area contributed by atoms with E-state index in [1.54, 1.807) is 0 Å². The number of Topliss-reactive ketones (excluding diaryl/α,β-unsaturated/α-hetero) is 1. The van der Waals surface area contributed by atoms with Crippen LogP contribution in [0.4, 0.5) is 0 Å². The molecule has 1 N–H and O–H groups in total.